The van der Waals surface area contributed by atoms with Crippen LogP contribution in [0.4, 0.5) is 0 Å². The van der Waals surface area contributed by atoms with Gasteiger partial charge in [-0.2, -0.15) is 0 Å². The average molecular weight is 329 g/mol. The second-order valence-corrected chi connectivity index (χ2v) is 5.19. The largest absolute Gasteiger partial charge is 0.464 e. The van der Waals surface area contributed by atoms with E-state index in [1.54, 1.807) is 13.2 Å². The van der Waals surface area contributed by atoms with Crippen LogP contribution in [-0.2, 0) is 4.74 Å². The predicted octanol–water partition coefficient (Wildman–Crippen LogP) is 3.41. The van der Waals surface area contributed by atoms with Crippen molar-refractivity contribution >= 4 is 29.1 Å². The zero-order valence-corrected chi connectivity index (χ0v) is 13.0. The van der Waals surface area contributed by atoms with Crippen LogP contribution >= 0.6 is 23.2 Å². The molecule has 21 heavy (non-hydrogen) atoms. The van der Waals surface area contributed by atoms with Crippen molar-refractivity contribution in [1.82, 2.24) is 10.3 Å². The molecule has 1 atom stereocenters. The van der Waals surface area contributed by atoms with Crippen molar-refractivity contribution in [2.45, 2.75) is 13.0 Å². The molecule has 0 saturated carbocycles. The number of carbonyl (C=O) groups is 1. The maximum atomic E-state index is 12.3. The number of hydrogen-bond donors (Lipinski definition) is 1. The number of nitrogens with zero attached hydrogens (tertiary/aromatic N) is 1. The molecule has 0 bridgehead atoms. The molecule has 5 nitrogen and oxygen atoms in total. The molecular weight excluding hydrogens is 315 g/mol. The fourth-order valence-corrected chi connectivity index (χ4v) is 2.15. The van der Waals surface area contributed by atoms with E-state index in [-0.39, 0.29) is 22.5 Å². The Hall–Kier alpha value is -1.56. The number of carbonyl (C=O) groups excluding carboxylic acids is 1. The van der Waals surface area contributed by atoms with Crippen LogP contribution in [0.15, 0.2) is 28.7 Å². The van der Waals surface area contributed by atoms with Crippen molar-refractivity contribution in [3.8, 4) is 0 Å². The number of halogens is 2. The lowest BCUT2D eigenvalue weighted by Crippen LogP contribution is -2.31. The van der Waals surface area contributed by atoms with Gasteiger partial charge in [-0.15, -0.1) is 0 Å². The van der Waals surface area contributed by atoms with E-state index in [9.17, 15) is 4.79 Å². The molecule has 2 aromatic rings. The Balaban J connectivity index is 2.20. The minimum Gasteiger partial charge on any atom is -0.464 e. The van der Waals surface area contributed by atoms with E-state index in [1.807, 2.05) is 13.0 Å². The van der Waals surface area contributed by atoms with Gasteiger partial charge in [0.2, 0.25) is 0 Å². The van der Waals surface area contributed by atoms with Crippen LogP contribution in [0.5, 0.6) is 0 Å². The third-order valence-electron chi connectivity index (χ3n) is 2.77. The highest BCUT2D eigenvalue weighted by Crippen LogP contribution is 2.20. The number of nitrogens with one attached hydrogen (secondary N) is 1. The zero-order chi connectivity index (χ0) is 15.4. The van der Waals surface area contributed by atoms with Crippen LogP contribution in [-0.4, -0.2) is 24.6 Å². The first-order valence-electron chi connectivity index (χ1n) is 6.19. The maximum Gasteiger partial charge on any atom is 0.272 e. The third-order valence-corrected chi connectivity index (χ3v) is 3.29. The van der Waals surface area contributed by atoms with E-state index in [2.05, 4.69) is 10.3 Å². The third kappa shape index (κ3) is 3.97. The minimum absolute atomic E-state index is 0.0635. The quantitative estimate of drug-likeness (QED) is 0.854. The molecule has 7 heteroatoms. The molecule has 0 radical (unpaired) electrons. The van der Waals surface area contributed by atoms with Crippen molar-refractivity contribution in [3.63, 3.8) is 0 Å². The van der Waals surface area contributed by atoms with Gasteiger partial charge in [0.1, 0.15) is 28.4 Å². The van der Waals surface area contributed by atoms with E-state index >= 15 is 0 Å². The molecule has 0 unspecified atom stereocenters. The van der Waals surface area contributed by atoms with Gasteiger partial charge in [-0.25, -0.2) is 4.98 Å². The highest BCUT2D eigenvalue weighted by molar-refractivity contribution is 6.34. The summed E-state index contributed by atoms with van der Waals surface area (Å²) in [6, 6.07) is 6.20. The summed E-state index contributed by atoms with van der Waals surface area (Å²) < 4.78 is 10.6. The Bertz CT molecular complexity index is 643. The lowest BCUT2D eigenvalue weighted by atomic mass is 10.2. The molecule has 0 fully saturated rings. The predicted molar refractivity (Wildman–Crippen MR) is 79.8 cm³/mol. The summed E-state index contributed by atoms with van der Waals surface area (Å²) in [4.78, 5) is 16.2. The van der Waals surface area contributed by atoms with Gasteiger partial charge in [-0.3, -0.25) is 4.79 Å². The topological polar surface area (TPSA) is 64.4 Å². The fourth-order valence-electron chi connectivity index (χ4n) is 1.81. The minimum atomic E-state index is -0.446. The number of methoxy groups -OCH3 is 1. The summed E-state index contributed by atoms with van der Waals surface area (Å²) >= 11 is 11.8. The lowest BCUT2D eigenvalue weighted by molar-refractivity contribution is 0.0877. The number of aryl methyl sites for hydroxylation is 1. The van der Waals surface area contributed by atoms with Crippen molar-refractivity contribution in [3.05, 3.63) is 51.7 Å². The molecule has 0 aromatic carbocycles. The Morgan fingerprint density at radius 2 is 2.14 bits per heavy atom. The summed E-state index contributed by atoms with van der Waals surface area (Å²) in [6.45, 7) is 2.08. The van der Waals surface area contributed by atoms with Crippen molar-refractivity contribution in [2.24, 2.45) is 0 Å². The molecule has 0 aliphatic carbocycles. The van der Waals surface area contributed by atoms with E-state index in [0.29, 0.717) is 5.76 Å². The van der Waals surface area contributed by atoms with E-state index in [0.717, 1.165) is 5.76 Å². The molecule has 2 heterocycles. The molecule has 1 amide bonds. The summed E-state index contributed by atoms with van der Waals surface area (Å²) in [6.07, 6.45) is 0. The molecule has 112 valence electrons. The van der Waals surface area contributed by atoms with Crippen LogP contribution in [0.2, 0.25) is 10.2 Å². The Morgan fingerprint density at radius 3 is 2.76 bits per heavy atom. The molecular formula is C14H14Cl2N2O3. The highest BCUT2D eigenvalue weighted by Gasteiger charge is 2.21. The van der Waals surface area contributed by atoms with Crippen molar-refractivity contribution in [2.75, 3.05) is 13.7 Å². The summed E-state index contributed by atoms with van der Waals surface area (Å²) in [5.41, 5.74) is 0.0635. The first kappa shape index (κ1) is 15.8. The molecule has 0 saturated heterocycles. The lowest BCUT2D eigenvalue weighted by Gasteiger charge is -2.16. The number of rotatable bonds is 5. The number of hydrogen-bond acceptors (Lipinski definition) is 4. The second kappa shape index (κ2) is 6.93. The maximum absolute atomic E-state index is 12.3. The molecule has 2 rings (SSSR count). The van der Waals surface area contributed by atoms with Crippen LogP contribution < -0.4 is 5.32 Å². The second-order valence-electron chi connectivity index (χ2n) is 4.39. The average Bonchev–Trinajstić information content (AvgIpc) is 2.87. The molecule has 0 aliphatic rings. The standard InChI is InChI=1S/C14H14Cl2N2O3/c1-8-3-5-11(21-8)10(7-20-2)17-14(19)13-9(15)4-6-12(16)18-13/h3-6,10H,7H2,1-2H3,(H,17,19)/t10-/m0/s1. The van der Waals surface area contributed by atoms with Crippen LogP contribution in [0.1, 0.15) is 28.1 Å². The SMILES string of the molecule is COC[C@H](NC(=O)c1nc(Cl)ccc1Cl)c1ccc(C)o1. The Morgan fingerprint density at radius 1 is 1.38 bits per heavy atom. The van der Waals surface area contributed by atoms with Crippen LogP contribution in [0.3, 0.4) is 0 Å². The zero-order valence-electron chi connectivity index (χ0n) is 11.5. The van der Waals surface area contributed by atoms with Gasteiger partial charge >= 0.3 is 0 Å². The van der Waals surface area contributed by atoms with Crippen LogP contribution in [0.25, 0.3) is 0 Å². The van der Waals surface area contributed by atoms with E-state index in [1.165, 1.54) is 12.1 Å². The summed E-state index contributed by atoms with van der Waals surface area (Å²) in [5.74, 6) is 0.902. The molecule has 0 aliphatic heterocycles. The monoisotopic (exact) mass is 328 g/mol. The van der Waals surface area contributed by atoms with Gasteiger partial charge in [0.15, 0.2) is 0 Å². The van der Waals surface area contributed by atoms with Gasteiger partial charge in [0, 0.05) is 7.11 Å². The normalized spacial score (nSPS) is 12.2. The Labute approximate surface area is 132 Å². The van der Waals surface area contributed by atoms with Gasteiger partial charge in [0.25, 0.3) is 5.91 Å². The number of ether oxygens (including phenoxy) is 1. The highest BCUT2D eigenvalue weighted by atomic mass is 35.5. The van der Waals surface area contributed by atoms with Gasteiger partial charge in [-0.05, 0) is 31.2 Å². The molecule has 2 aromatic heterocycles. The number of pyridine rings is 1. The fraction of sp³-hybridized carbons (Fsp3) is 0.286. The number of furan rings is 1. The Kier molecular flexibility index (Phi) is 5.22. The van der Waals surface area contributed by atoms with Crippen molar-refractivity contribution < 1.29 is 13.9 Å². The smallest absolute Gasteiger partial charge is 0.272 e. The van der Waals surface area contributed by atoms with Crippen molar-refractivity contribution in [1.29, 1.82) is 0 Å². The first-order chi connectivity index (χ1) is 10.0. The van der Waals surface area contributed by atoms with Crippen LogP contribution in [0, 0.1) is 6.92 Å². The molecule has 0 spiro atoms. The van der Waals surface area contributed by atoms with Gasteiger partial charge < -0.3 is 14.5 Å². The number of amides is 1. The molecule has 1 N–H and O–H groups in total. The van der Waals surface area contributed by atoms with Gasteiger partial charge in [0.05, 0.1) is 11.6 Å². The van der Waals surface area contributed by atoms with E-state index in [4.69, 9.17) is 32.4 Å². The first-order valence-corrected chi connectivity index (χ1v) is 6.95. The number of aromatic nitrogens is 1. The summed E-state index contributed by atoms with van der Waals surface area (Å²) in [7, 11) is 1.54. The summed E-state index contributed by atoms with van der Waals surface area (Å²) in [5, 5.41) is 3.19. The van der Waals surface area contributed by atoms with Gasteiger partial charge in [-0.1, -0.05) is 23.2 Å². The van der Waals surface area contributed by atoms with E-state index < -0.39 is 11.9 Å².